The monoisotopic (exact) mass is 263 g/mol. The highest BCUT2D eigenvalue weighted by Gasteiger charge is 1.98. The average molecular weight is 263 g/mol. The Labute approximate surface area is 99.2 Å². The normalized spacial score (nSPS) is 10.6. The molecule has 92 valence electrons. The topological polar surface area (TPSA) is 83.2 Å². The molecule has 0 heterocycles. The SMILES string of the molecule is CCCC[PH3+].Nc1ccc(S(=O)(=O)[O-])cc1. The molecule has 0 aliphatic heterocycles. The summed E-state index contributed by atoms with van der Waals surface area (Å²) in [5.41, 5.74) is 5.70. The van der Waals surface area contributed by atoms with Crippen molar-refractivity contribution in [1.82, 2.24) is 0 Å². The van der Waals surface area contributed by atoms with Crippen molar-refractivity contribution in [2.45, 2.75) is 24.7 Å². The van der Waals surface area contributed by atoms with Crippen LogP contribution < -0.4 is 5.73 Å². The minimum atomic E-state index is -4.33. The van der Waals surface area contributed by atoms with Crippen molar-refractivity contribution in [1.29, 1.82) is 0 Å². The van der Waals surface area contributed by atoms with Crippen molar-refractivity contribution in [2.24, 2.45) is 0 Å². The quantitative estimate of drug-likeness (QED) is 0.509. The van der Waals surface area contributed by atoms with Gasteiger partial charge in [0.1, 0.15) is 10.1 Å². The standard InChI is InChI=1S/C6H7NO3S.C4H11P/c7-5-1-3-6(4-2-5)11(8,9)10;1-2-3-4-5/h1-4H,7H2,(H,8,9,10);2-5H2,1H3. The first-order valence-electron chi connectivity index (χ1n) is 5.02. The fraction of sp³-hybridized carbons (Fsp3) is 0.400. The lowest BCUT2D eigenvalue weighted by molar-refractivity contribution is 0.463. The molecule has 0 fully saturated rings. The lowest BCUT2D eigenvalue weighted by Gasteiger charge is -2.05. The van der Waals surface area contributed by atoms with Gasteiger partial charge in [0.05, 0.1) is 11.1 Å². The van der Waals surface area contributed by atoms with Gasteiger partial charge in [-0.25, -0.2) is 8.42 Å². The molecule has 0 saturated carbocycles. The number of unbranched alkanes of at least 4 members (excludes halogenated alkanes) is 1. The van der Waals surface area contributed by atoms with Gasteiger partial charge in [-0.05, 0) is 39.9 Å². The third-order valence-corrected chi connectivity index (χ3v) is 3.12. The fourth-order valence-corrected chi connectivity index (χ4v) is 1.85. The zero-order chi connectivity index (χ0) is 12.6. The van der Waals surface area contributed by atoms with Crippen molar-refractivity contribution in [3.05, 3.63) is 24.3 Å². The summed E-state index contributed by atoms with van der Waals surface area (Å²) in [5.74, 6) is 0. The number of benzene rings is 1. The van der Waals surface area contributed by atoms with E-state index in [1.165, 1.54) is 43.3 Å². The zero-order valence-corrected chi connectivity index (χ0v) is 11.6. The summed E-state index contributed by atoms with van der Waals surface area (Å²) in [6.45, 7) is 2.22. The summed E-state index contributed by atoms with van der Waals surface area (Å²) < 4.78 is 31.0. The van der Waals surface area contributed by atoms with Crippen LogP contribution in [0.15, 0.2) is 29.2 Å². The van der Waals surface area contributed by atoms with Crippen LogP contribution in [0, 0.1) is 0 Å². The third kappa shape index (κ3) is 6.77. The predicted molar refractivity (Wildman–Crippen MR) is 69.7 cm³/mol. The Hall–Kier alpha value is -0.640. The van der Waals surface area contributed by atoms with Crippen molar-refractivity contribution in [3.8, 4) is 0 Å². The van der Waals surface area contributed by atoms with Gasteiger partial charge >= 0.3 is 0 Å². The van der Waals surface area contributed by atoms with E-state index in [0.717, 1.165) is 0 Å². The van der Waals surface area contributed by atoms with E-state index in [-0.39, 0.29) is 4.90 Å². The minimum absolute atomic E-state index is 0.258. The van der Waals surface area contributed by atoms with Gasteiger partial charge < -0.3 is 10.3 Å². The van der Waals surface area contributed by atoms with E-state index in [1.807, 2.05) is 9.24 Å². The molecule has 0 saturated heterocycles. The van der Waals surface area contributed by atoms with E-state index < -0.39 is 10.1 Å². The second-order valence-electron chi connectivity index (χ2n) is 3.23. The first-order valence-corrected chi connectivity index (χ1v) is 7.43. The van der Waals surface area contributed by atoms with Crippen LogP contribution in [-0.4, -0.2) is 19.1 Å². The molecule has 6 heteroatoms. The van der Waals surface area contributed by atoms with Crippen molar-refractivity contribution in [2.75, 3.05) is 11.9 Å². The van der Waals surface area contributed by atoms with Crippen LogP contribution in [0.3, 0.4) is 0 Å². The Balaban J connectivity index is 0.000000385. The van der Waals surface area contributed by atoms with Gasteiger partial charge in [-0.1, -0.05) is 13.3 Å². The average Bonchev–Trinajstić information content (AvgIpc) is 2.19. The first-order chi connectivity index (χ1) is 7.41. The maximum atomic E-state index is 10.3. The van der Waals surface area contributed by atoms with Crippen LogP contribution in [0.5, 0.6) is 0 Å². The van der Waals surface area contributed by atoms with Gasteiger partial charge in [0.15, 0.2) is 0 Å². The molecule has 0 spiro atoms. The molecule has 0 amide bonds. The van der Waals surface area contributed by atoms with Crippen molar-refractivity contribution in [3.63, 3.8) is 0 Å². The molecular weight excluding hydrogens is 245 g/mol. The summed E-state index contributed by atoms with van der Waals surface area (Å²) in [6.07, 6.45) is 4.12. The molecule has 0 aliphatic rings. The van der Waals surface area contributed by atoms with Crippen LogP contribution in [-0.2, 0) is 10.1 Å². The highest BCUT2D eigenvalue weighted by Crippen LogP contribution is 2.10. The van der Waals surface area contributed by atoms with Gasteiger partial charge in [0, 0.05) is 5.69 Å². The van der Waals surface area contributed by atoms with Gasteiger partial charge in [0.2, 0.25) is 0 Å². The van der Waals surface area contributed by atoms with Crippen LogP contribution in [0.4, 0.5) is 5.69 Å². The Morgan fingerprint density at radius 1 is 1.31 bits per heavy atom. The summed E-state index contributed by atoms with van der Waals surface area (Å²) in [5, 5.41) is 0. The van der Waals surface area contributed by atoms with Crippen LogP contribution >= 0.6 is 9.24 Å². The van der Waals surface area contributed by atoms with Gasteiger partial charge in [-0.2, -0.15) is 0 Å². The number of rotatable bonds is 3. The largest absolute Gasteiger partial charge is 0.744 e. The molecule has 0 aromatic heterocycles. The number of anilines is 1. The van der Waals surface area contributed by atoms with E-state index in [4.69, 9.17) is 5.73 Å². The number of nitrogens with two attached hydrogens (primary N) is 1. The molecule has 1 aromatic rings. The molecule has 1 rings (SSSR count). The number of hydrogen-bond donors (Lipinski definition) is 1. The van der Waals surface area contributed by atoms with E-state index in [2.05, 4.69) is 6.92 Å². The molecule has 4 nitrogen and oxygen atoms in total. The van der Waals surface area contributed by atoms with E-state index in [1.54, 1.807) is 0 Å². The molecule has 0 bridgehead atoms. The maximum Gasteiger partial charge on any atom is 0.124 e. The van der Waals surface area contributed by atoms with Crippen LogP contribution in [0.1, 0.15) is 19.8 Å². The van der Waals surface area contributed by atoms with Gasteiger partial charge in [-0.3, -0.25) is 0 Å². The first kappa shape index (κ1) is 15.4. The Morgan fingerprint density at radius 2 is 1.81 bits per heavy atom. The second kappa shape index (κ2) is 7.60. The molecular formula is C10H18NO3PS. The Kier molecular flexibility index (Phi) is 7.30. The number of hydrogen-bond acceptors (Lipinski definition) is 4. The Morgan fingerprint density at radius 3 is 2.06 bits per heavy atom. The summed E-state index contributed by atoms with van der Waals surface area (Å²) in [4.78, 5) is -0.258. The minimum Gasteiger partial charge on any atom is -0.744 e. The molecule has 1 unspecified atom stereocenters. The van der Waals surface area contributed by atoms with Crippen LogP contribution in [0.2, 0.25) is 0 Å². The van der Waals surface area contributed by atoms with Crippen molar-refractivity contribution < 1.29 is 13.0 Å². The third-order valence-electron chi connectivity index (χ3n) is 1.77. The smallest absolute Gasteiger partial charge is 0.124 e. The maximum absolute atomic E-state index is 10.3. The second-order valence-corrected chi connectivity index (χ2v) is 5.32. The zero-order valence-electron chi connectivity index (χ0n) is 9.35. The molecule has 1 atom stereocenters. The highest BCUT2D eigenvalue weighted by molar-refractivity contribution is 7.85. The highest BCUT2D eigenvalue weighted by atomic mass is 32.2. The summed E-state index contributed by atoms with van der Waals surface area (Å²) >= 11 is 0. The predicted octanol–water partition coefficient (Wildman–Crippen LogP) is 1.57. The van der Waals surface area contributed by atoms with Gasteiger partial charge in [-0.15, -0.1) is 0 Å². The van der Waals surface area contributed by atoms with Crippen molar-refractivity contribution >= 4 is 25.0 Å². The molecule has 1 aromatic carbocycles. The fourth-order valence-electron chi connectivity index (χ4n) is 0.884. The lowest BCUT2D eigenvalue weighted by Crippen LogP contribution is -1.98. The van der Waals surface area contributed by atoms with E-state index in [9.17, 15) is 13.0 Å². The number of nitrogen functional groups attached to an aromatic ring is 1. The molecule has 0 aliphatic carbocycles. The van der Waals surface area contributed by atoms with Crippen LogP contribution in [0.25, 0.3) is 0 Å². The molecule has 16 heavy (non-hydrogen) atoms. The lowest BCUT2D eigenvalue weighted by atomic mass is 10.3. The Bertz CT molecular complexity index is 387. The molecule has 0 radical (unpaired) electrons. The van der Waals surface area contributed by atoms with E-state index in [0.29, 0.717) is 5.69 Å². The van der Waals surface area contributed by atoms with E-state index >= 15 is 0 Å². The van der Waals surface area contributed by atoms with Gasteiger partial charge in [0.25, 0.3) is 0 Å². The summed E-state index contributed by atoms with van der Waals surface area (Å²) in [7, 11) is -2.28. The summed E-state index contributed by atoms with van der Waals surface area (Å²) in [6, 6.07) is 5.09. The molecule has 2 N–H and O–H groups in total.